The first kappa shape index (κ1) is 16.5. The van der Waals surface area contributed by atoms with Crippen molar-refractivity contribution in [2.45, 2.75) is 0 Å². The molecule has 0 unspecified atom stereocenters. The maximum atomic E-state index is 12.6. The van der Waals surface area contributed by atoms with E-state index in [4.69, 9.17) is 25.8 Å². The van der Waals surface area contributed by atoms with E-state index in [1.165, 1.54) is 0 Å². The molecule has 132 valence electrons. The Morgan fingerprint density at radius 2 is 1.88 bits per heavy atom. The summed E-state index contributed by atoms with van der Waals surface area (Å²) in [5.74, 6) is 1.49. The van der Waals surface area contributed by atoms with Gasteiger partial charge in [0.25, 0.3) is 5.91 Å². The first-order chi connectivity index (χ1) is 12.6. The molecular weight excluding hydrogens is 356 g/mol. The summed E-state index contributed by atoms with van der Waals surface area (Å²) in [5, 5.41) is 4.03. The van der Waals surface area contributed by atoms with Gasteiger partial charge in [0.1, 0.15) is 24.7 Å². The highest BCUT2D eigenvalue weighted by atomic mass is 35.5. The smallest absolute Gasteiger partial charge is 0.274 e. The number of pyridine rings is 1. The molecule has 1 aliphatic rings. The van der Waals surface area contributed by atoms with E-state index in [1.807, 2.05) is 18.2 Å². The Morgan fingerprint density at radius 3 is 2.65 bits per heavy atom. The molecule has 0 saturated heterocycles. The molecule has 0 bridgehead atoms. The summed E-state index contributed by atoms with van der Waals surface area (Å²) in [6.45, 7) is 0.929. The van der Waals surface area contributed by atoms with Crippen molar-refractivity contribution in [3.63, 3.8) is 0 Å². The fourth-order valence-electron chi connectivity index (χ4n) is 2.70. The Kier molecular flexibility index (Phi) is 4.26. The Balaban J connectivity index is 1.61. The van der Waals surface area contributed by atoms with Crippen LogP contribution in [0.25, 0.3) is 10.9 Å². The zero-order valence-corrected chi connectivity index (χ0v) is 14.7. The lowest BCUT2D eigenvalue weighted by molar-refractivity contribution is 0.102. The Labute approximate surface area is 154 Å². The molecule has 0 fully saturated rings. The summed E-state index contributed by atoms with van der Waals surface area (Å²) in [6, 6.07) is 12.2. The fourth-order valence-corrected chi connectivity index (χ4v) is 2.90. The van der Waals surface area contributed by atoms with Crippen LogP contribution >= 0.6 is 11.6 Å². The van der Waals surface area contributed by atoms with Crippen LogP contribution in [0.3, 0.4) is 0 Å². The predicted octanol–water partition coefficient (Wildman–Crippen LogP) is 3.92. The number of aromatic nitrogens is 1. The van der Waals surface area contributed by atoms with Crippen molar-refractivity contribution in [1.82, 2.24) is 4.98 Å². The van der Waals surface area contributed by atoms with Gasteiger partial charge in [-0.15, -0.1) is 0 Å². The summed E-state index contributed by atoms with van der Waals surface area (Å²) in [7, 11) is 1.60. The molecule has 0 aliphatic carbocycles. The molecule has 6 nitrogen and oxygen atoms in total. The fraction of sp³-hybridized carbons (Fsp3) is 0.158. The summed E-state index contributed by atoms with van der Waals surface area (Å²) in [6.07, 6.45) is 0. The van der Waals surface area contributed by atoms with Crippen molar-refractivity contribution in [3.8, 4) is 17.2 Å². The molecule has 0 saturated carbocycles. The average molecular weight is 371 g/mol. The van der Waals surface area contributed by atoms with Crippen molar-refractivity contribution >= 4 is 34.1 Å². The highest BCUT2D eigenvalue weighted by Crippen LogP contribution is 2.38. The molecule has 1 aromatic heterocycles. The third-order valence-electron chi connectivity index (χ3n) is 4.01. The van der Waals surface area contributed by atoms with E-state index in [9.17, 15) is 4.79 Å². The number of benzene rings is 2. The Morgan fingerprint density at radius 1 is 1.12 bits per heavy atom. The van der Waals surface area contributed by atoms with E-state index in [1.54, 1.807) is 31.4 Å². The van der Waals surface area contributed by atoms with Gasteiger partial charge in [-0.1, -0.05) is 17.7 Å². The highest BCUT2D eigenvalue weighted by Gasteiger charge is 2.17. The lowest BCUT2D eigenvalue weighted by Crippen LogP contribution is -2.17. The summed E-state index contributed by atoms with van der Waals surface area (Å²) >= 11 is 6.24. The number of anilines is 1. The molecule has 1 N–H and O–H groups in total. The van der Waals surface area contributed by atoms with Gasteiger partial charge in [-0.2, -0.15) is 0 Å². The van der Waals surface area contributed by atoms with Gasteiger partial charge < -0.3 is 19.5 Å². The zero-order valence-electron chi connectivity index (χ0n) is 13.9. The monoisotopic (exact) mass is 370 g/mol. The minimum Gasteiger partial charge on any atom is -0.497 e. The van der Waals surface area contributed by atoms with E-state index in [0.29, 0.717) is 40.9 Å². The number of halogens is 1. The van der Waals surface area contributed by atoms with E-state index < -0.39 is 0 Å². The molecule has 7 heteroatoms. The quantitative estimate of drug-likeness (QED) is 0.756. The second-order valence-corrected chi connectivity index (χ2v) is 6.09. The van der Waals surface area contributed by atoms with Crippen LogP contribution in [0.4, 0.5) is 5.69 Å². The number of methoxy groups -OCH3 is 1. The summed E-state index contributed by atoms with van der Waals surface area (Å²) < 4.78 is 16.2. The first-order valence-corrected chi connectivity index (χ1v) is 8.37. The number of hydrogen-bond donors (Lipinski definition) is 1. The van der Waals surface area contributed by atoms with Crippen LogP contribution in [0, 0.1) is 0 Å². The number of amides is 1. The van der Waals surface area contributed by atoms with E-state index in [2.05, 4.69) is 10.3 Å². The van der Waals surface area contributed by atoms with Gasteiger partial charge in [-0.05, 0) is 24.3 Å². The normalized spacial score (nSPS) is 12.7. The minimum absolute atomic E-state index is 0.286. The van der Waals surface area contributed by atoms with Crippen LogP contribution in [0.1, 0.15) is 10.5 Å². The molecule has 1 amide bonds. The average Bonchev–Trinajstić information content (AvgIpc) is 2.67. The number of carbonyl (C=O) groups is 1. The van der Waals surface area contributed by atoms with Crippen LogP contribution in [0.2, 0.25) is 5.02 Å². The second kappa shape index (κ2) is 6.72. The Hall–Kier alpha value is -2.99. The summed E-state index contributed by atoms with van der Waals surface area (Å²) in [5.41, 5.74) is 1.43. The van der Waals surface area contributed by atoms with E-state index in [-0.39, 0.29) is 11.6 Å². The lowest BCUT2D eigenvalue weighted by atomic mass is 10.2. The molecule has 26 heavy (non-hydrogen) atoms. The SMILES string of the molecule is COc1ccc2nc(C(=O)Nc3cc4c(cc3Cl)OCCO4)ccc2c1. The first-order valence-electron chi connectivity index (χ1n) is 7.99. The van der Waals surface area contributed by atoms with Crippen LogP contribution in [-0.4, -0.2) is 31.2 Å². The number of ether oxygens (including phenoxy) is 3. The number of nitrogens with one attached hydrogen (secondary N) is 1. The zero-order chi connectivity index (χ0) is 18.1. The molecule has 0 atom stereocenters. The number of carbonyl (C=O) groups excluding carboxylic acids is 1. The van der Waals surface area contributed by atoms with Crippen LogP contribution in [-0.2, 0) is 0 Å². The minimum atomic E-state index is -0.360. The number of hydrogen-bond acceptors (Lipinski definition) is 5. The molecule has 0 spiro atoms. The van der Waals surface area contributed by atoms with Gasteiger partial charge in [0.15, 0.2) is 11.5 Å². The molecule has 2 aromatic carbocycles. The van der Waals surface area contributed by atoms with Crippen LogP contribution in [0.15, 0.2) is 42.5 Å². The van der Waals surface area contributed by atoms with E-state index >= 15 is 0 Å². The van der Waals surface area contributed by atoms with Gasteiger partial charge in [0.2, 0.25) is 0 Å². The summed E-state index contributed by atoms with van der Waals surface area (Å²) in [4.78, 5) is 17.0. The maximum Gasteiger partial charge on any atom is 0.274 e. The van der Waals surface area contributed by atoms with Crippen LogP contribution in [0.5, 0.6) is 17.2 Å². The van der Waals surface area contributed by atoms with Crippen molar-refractivity contribution in [2.75, 3.05) is 25.6 Å². The van der Waals surface area contributed by atoms with Crippen LogP contribution < -0.4 is 19.5 Å². The Bertz CT molecular complexity index is 1010. The molecule has 0 radical (unpaired) electrons. The van der Waals surface area contributed by atoms with Gasteiger partial charge in [-0.3, -0.25) is 4.79 Å². The standard InChI is InChI=1S/C19H15ClN2O4/c1-24-12-3-5-14-11(8-12)2-4-15(21-14)19(23)22-16-10-18-17(9-13(16)20)25-6-7-26-18/h2-5,8-10H,6-7H2,1H3,(H,22,23). The van der Waals surface area contributed by atoms with Gasteiger partial charge >= 0.3 is 0 Å². The van der Waals surface area contributed by atoms with Crippen molar-refractivity contribution in [2.24, 2.45) is 0 Å². The number of fused-ring (bicyclic) bond motifs is 2. The molecular formula is C19H15ClN2O4. The van der Waals surface area contributed by atoms with Crippen molar-refractivity contribution in [3.05, 3.63) is 53.2 Å². The number of rotatable bonds is 3. The number of nitrogens with zero attached hydrogens (tertiary/aromatic N) is 1. The highest BCUT2D eigenvalue weighted by molar-refractivity contribution is 6.34. The topological polar surface area (TPSA) is 69.7 Å². The van der Waals surface area contributed by atoms with Crippen molar-refractivity contribution in [1.29, 1.82) is 0 Å². The van der Waals surface area contributed by atoms with E-state index in [0.717, 1.165) is 11.1 Å². The third kappa shape index (κ3) is 3.11. The molecule has 1 aliphatic heterocycles. The molecule has 3 aromatic rings. The molecule has 4 rings (SSSR count). The predicted molar refractivity (Wildman–Crippen MR) is 98.7 cm³/mol. The third-order valence-corrected chi connectivity index (χ3v) is 4.32. The lowest BCUT2D eigenvalue weighted by Gasteiger charge is -2.20. The maximum absolute atomic E-state index is 12.6. The van der Waals surface area contributed by atoms with Gasteiger partial charge in [0.05, 0.1) is 23.3 Å². The van der Waals surface area contributed by atoms with Crippen molar-refractivity contribution < 1.29 is 19.0 Å². The van der Waals surface area contributed by atoms with Gasteiger partial charge in [-0.25, -0.2) is 4.98 Å². The largest absolute Gasteiger partial charge is 0.497 e. The molecule has 2 heterocycles. The second-order valence-electron chi connectivity index (χ2n) is 5.68. The van der Waals surface area contributed by atoms with Gasteiger partial charge in [0, 0.05) is 17.5 Å².